The van der Waals surface area contributed by atoms with E-state index >= 15 is 0 Å². The predicted molar refractivity (Wildman–Crippen MR) is 106 cm³/mol. The molecule has 7 heteroatoms. The lowest BCUT2D eigenvalue weighted by Crippen LogP contribution is -2.39. The third-order valence-electron chi connectivity index (χ3n) is 4.62. The zero-order valence-corrected chi connectivity index (χ0v) is 16.7. The van der Waals surface area contributed by atoms with Crippen LogP contribution in [0.25, 0.3) is 0 Å². The fourth-order valence-corrected chi connectivity index (χ4v) is 4.84. The molecule has 1 fully saturated rings. The standard InChI is InChI=1S/C19H25N3O2S2/c1-2-17(23)20-8-7-15-13-26-19(21-15)14-5-3-9-22(12-14)18(24)11-16-6-4-10-25-16/h4,6,10,13-14H,2-3,5,7-9,11-12H2,1H3,(H,20,23)/t14-/m1/s1. The highest BCUT2D eigenvalue weighted by Gasteiger charge is 2.26. The quantitative estimate of drug-likeness (QED) is 0.788. The van der Waals surface area contributed by atoms with Gasteiger partial charge in [0.05, 0.1) is 17.1 Å². The summed E-state index contributed by atoms with van der Waals surface area (Å²) in [4.78, 5) is 31.7. The van der Waals surface area contributed by atoms with E-state index < -0.39 is 0 Å². The molecule has 1 aliphatic rings. The molecule has 1 aliphatic heterocycles. The van der Waals surface area contributed by atoms with Gasteiger partial charge in [-0.3, -0.25) is 9.59 Å². The lowest BCUT2D eigenvalue weighted by molar-refractivity contribution is -0.131. The van der Waals surface area contributed by atoms with Gasteiger partial charge in [0.15, 0.2) is 0 Å². The molecule has 1 saturated heterocycles. The third-order valence-corrected chi connectivity index (χ3v) is 6.56. The lowest BCUT2D eigenvalue weighted by Gasteiger charge is -2.31. The van der Waals surface area contributed by atoms with Crippen molar-refractivity contribution in [3.63, 3.8) is 0 Å². The van der Waals surface area contributed by atoms with E-state index in [1.165, 1.54) is 0 Å². The summed E-state index contributed by atoms with van der Waals surface area (Å²) in [5.74, 6) is 0.629. The van der Waals surface area contributed by atoms with Crippen molar-refractivity contribution in [3.8, 4) is 0 Å². The first-order valence-electron chi connectivity index (χ1n) is 9.17. The van der Waals surface area contributed by atoms with E-state index in [1.54, 1.807) is 22.7 Å². The molecule has 3 heterocycles. The number of piperidine rings is 1. The van der Waals surface area contributed by atoms with Crippen LogP contribution in [0.1, 0.15) is 47.7 Å². The van der Waals surface area contributed by atoms with Crippen LogP contribution in [0.5, 0.6) is 0 Å². The van der Waals surface area contributed by atoms with Crippen LogP contribution in [0.3, 0.4) is 0 Å². The van der Waals surface area contributed by atoms with Crippen molar-refractivity contribution in [2.24, 2.45) is 0 Å². The van der Waals surface area contributed by atoms with Crippen molar-refractivity contribution in [1.82, 2.24) is 15.2 Å². The summed E-state index contributed by atoms with van der Waals surface area (Å²) >= 11 is 3.32. The molecule has 1 atom stereocenters. The van der Waals surface area contributed by atoms with Gasteiger partial charge < -0.3 is 10.2 Å². The molecule has 3 rings (SSSR count). The van der Waals surface area contributed by atoms with Crippen LogP contribution in [0.2, 0.25) is 0 Å². The van der Waals surface area contributed by atoms with Gasteiger partial charge in [0.25, 0.3) is 0 Å². The van der Waals surface area contributed by atoms with Crippen LogP contribution in [0.15, 0.2) is 22.9 Å². The van der Waals surface area contributed by atoms with Gasteiger partial charge in [-0.15, -0.1) is 22.7 Å². The van der Waals surface area contributed by atoms with E-state index in [0.717, 1.165) is 47.9 Å². The van der Waals surface area contributed by atoms with E-state index in [0.29, 0.717) is 25.3 Å². The van der Waals surface area contributed by atoms with E-state index in [4.69, 9.17) is 4.98 Å². The molecule has 1 N–H and O–H groups in total. The topological polar surface area (TPSA) is 62.3 Å². The summed E-state index contributed by atoms with van der Waals surface area (Å²) in [6.45, 7) is 4.10. The second-order valence-corrected chi connectivity index (χ2v) is 8.49. The SMILES string of the molecule is CCC(=O)NCCc1csc([C@@H]2CCCN(C(=O)Cc3cccs3)C2)n1. The highest BCUT2D eigenvalue weighted by atomic mass is 32.1. The number of aromatic nitrogens is 1. The Morgan fingerprint density at radius 2 is 2.27 bits per heavy atom. The minimum absolute atomic E-state index is 0.0765. The average Bonchev–Trinajstić information content (AvgIpc) is 3.33. The summed E-state index contributed by atoms with van der Waals surface area (Å²) in [5.41, 5.74) is 1.03. The molecular formula is C19H25N3O2S2. The van der Waals surface area contributed by atoms with E-state index in [-0.39, 0.29) is 11.8 Å². The molecule has 0 radical (unpaired) electrons. The van der Waals surface area contributed by atoms with Gasteiger partial charge in [-0.1, -0.05) is 13.0 Å². The number of nitrogens with one attached hydrogen (secondary N) is 1. The Morgan fingerprint density at radius 1 is 1.38 bits per heavy atom. The number of nitrogens with zero attached hydrogens (tertiary/aromatic N) is 2. The van der Waals surface area contributed by atoms with E-state index in [9.17, 15) is 9.59 Å². The van der Waals surface area contributed by atoms with Crippen LogP contribution in [0, 0.1) is 0 Å². The Morgan fingerprint density at radius 3 is 3.04 bits per heavy atom. The number of hydrogen-bond acceptors (Lipinski definition) is 5. The first kappa shape index (κ1) is 19.0. The molecule has 5 nitrogen and oxygen atoms in total. The Balaban J connectivity index is 1.52. The maximum atomic E-state index is 12.6. The third kappa shape index (κ3) is 5.14. The van der Waals surface area contributed by atoms with E-state index in [2.05, 4.69) is 10.7 Å². The van der Waals surface area contributed by atoms with Crippen molar-refractivity contribution in [1.29, 1.82) is 0 Å². The predicted octanol–water partition coefficient (Wildman–Crippen LogP) is 3.22. The van der Waals surface area contributed by atoms with Gasteiger partial charge in [0.1, 0.15) is 0 Å². The van der Waals surface area contributed by atoms with Crippen LogP contribution in [-0.2, 0) is 22.4 Å². The normalized spacial score (nSPS) is 17.3. The van der Waals surface area contributed by atoms with E-state index in [1.807, 2.05) is 29.3 Å². The second-order valence-electron chi connectivity index (χ2n) is 6.57. The van der Waals surface area contributed by atoms with Crippen molar-refractivity contribution in [2.45, 2.75) is 44.9 Å². The highest BCUT2D eigenvalue weighted by molar-refractivity contribution is 7.10. The Bertz CT molecular complexity index is 727. The molecule has 0 aromatic carbocycles. The van der Waals surface area contributed by atoms with Crippen molar-refractivity contribution in [3.05, 3.63) is 38.5 Å². The molecule has 0 saturated carbocycles. The Hall–Kier alpha value is -1.73. The molecular weight excluding hydrogens is 366 g/mol. The number of amides is 2. The van der Waals surface area contributed by atoms with Crippen molar-refractivity contribution < 1.29 is 9.59 Å². The van der Waals surface area contributed by atoms with Gasteiger partial charge in [0.2, 0.25) is 11.8 Å². The fraction of sp³-hybridized carbons (Fsp3) is 0.526. The van der Waals surface area contributed by atoms with Crippen LogP contribution >= 0.6 is 22.7 Å². The molecule has 0 bridgehead atoms. The highest BCUT2D eigenvalue weighted by Crippen LogP contribution is 2.29. The number of hydrogen-bond donors (Lipinski definition) is 1. The first-order valence-corrected chi connectivity index (χ1v) is 10.9. The average molecular weight is 392 g/mol. The number of carbonyl (C=O) groups excluding carboxylic acids is 2. The Labute approximate surface area is 162 Å². The van der Waals surface area contributed by atoms with Crippen LogP contribution in [0.4, 0.5) is 0 Å². The molecule has 140 valence electrons. The zero-order chi connectivity index (χ0) is 18.4. The van der Waals surface area contributed by atoms with Gasteiger partial charge in [0, 0.05) is 48.7 Å². The number of rotatable bonds is 7. The zero-order valence-electron chi connectivity index (χ0n) is 15.1. The van der Waals surface area contributed by atoms with Gasteiger partial charge in [-0.05, 0) is 24.3 Å². The largest absolute Gasteiger partial charge is 0.356 e. The summed E-state index contributed by atoms with van der Waals surface area (Å²) in [7, 11) is 0. The van der Waals surface area contributed by atoms with Gasteiger partial charge >= 0.3 is 0 Å². The number of thiazole rings is 1. The second kappa shape index (κ2) is 9.28. The molecule has 2 amide bonds. The lowest BCUT2D eigenvalue weighted by atomic mass is 9.98. The van der Waals surface area contributed by atoms with Crippen LogP contribution < -0.4 is 5.32 Å². The number of likely N-dealkylation sites (tertiary alicyclic amines) is 1. The summed E-state index contributed by atoms with van der Waals surface area (Å²) in [5, 5.41) is 8.11. The first-order chi connectivity index (χ1) is 12.7. The molecule has 2 aromatic heterocycles. The van der Waals surface area contributed by atoms with Crippen molar-refractivity contribution in [2.75, 3.05) is 19.6 Å². The molecule has 26 heavy (non-hydrogen) atoms. The smallest absolute Gasteiger partial charge is 0.227 e. The van der Waals surface area contributed by atoms with Gasteiger partial charge in [-0.25, -0.2) is 4.98 Å². The summed E-state index contributed by atoms with van der Waals surface area (Å²) in [6.07, 6.45) is 3.89. The maximum Gasteiger partial charge on any atom is 0.227 e. The number of thiophene rings is 1. The minimum Gasteiger partial charge on any atom is -0.356 e. The van der Waals surface area contributed by atoms with Crippen LogP contribution in [-0.4, -0.2) is 41.3 Å². The summed E-state index contributed by atoms with van der Waals surface area (Å²) in [6, 6.07) is 4.01. The fourth-order valence-electron chi connectivity index (χ4n) is 3.16. The molecule has 0 unspecified atom stereocenters. The van der Waals surface area contributed by atoms with Gasteiger partial charge in [-0.2, -0.15) is 0 Å². The Kier molecular flexibility index (Phi) is 6.80. The molecule has 0 spiro atoms. The monoisotopic (exact) mass is 391 g/mol. The van der Waals surface area contributed by atoms with Crippen molar-refractivity contribution >= 4 is 34.5 Å². The minimum atomic E-state index is 0.0765. The number of carbonyl (C=O) groups is 2. The summed E-state index contributed by atoms with van der Waals surface area (Å²) < 4.78 is 0. The maximum absolute atomic E-state index is 12.6. The molecule has 2 aromatic rings. The molecule has 0 aliphatic carbocycles.